The molecule has 1 N–H and O–H groups in total. The van der Waals surface area contributed by atoms with Crippen LogP contribution >= 0.6 is 23.5 Å². The Morgan fingerprint density at radius 3 is 2.96 bits per heavy atom. The van der Waals surface area contributed by atoms with Gasteiger partial charge in [0, 0.05) is 24.5 Å². The van der Waals surface area contributed by atoms with Crippen molar-refractivity contribution in [3.8, 4) is 0 Å². The van der Waals surface area contributed by atoms with E-state index >= 15 is 0 Å². The highest BCUT2D eigenvalue weighted by Crippen LogP contribution is 2.34. The van der Waals surface area contributed by atoms with E-state index in [1.807, 2.05) is 32.0 Å². The molecule has 8 heteroatoms. The molecule has 28 heavy (non-hydrogen) atoms. The van der Waals surface area contributed by atoms with Crippen molar-refractivity contribution in [2.45, 2.75) is 49.0 Å². The fraction of sp³-hybridized carbons (Fsp3) is 0.450. The molecule has 2 heterocycles. The molecule has 0 fully saturated rings. The minimum absolute atomic E-state index is 0.0335. The molecule has 0 spiro atoms. The summed E-state index contributed by atoms with van der Waals surface area (Å²) >= 11 is 2.87. The van der Waals surface area contributed by atoms with Crippen molar-refractivity contribution < 1.29 is 9.53 Å². The Morgan fingerprint density at radius 2 is 2.21 bits per heavy atom. The van der Waals surface area contributed by atoms with E-state index in [0.29, 0.717) is 23.6 Å². The van der Waals surface area contributed by atoms with Gasteiger partial charge in [-0.05, 0) is 31.0 Å². The quantitative estimate of drug-likeness (QED) is 0.548. The standard InChI is InChI=1S/C20H25N3O3S2/c1-12-6-5-7-15(14(12)3)21-17(24)11-27-20-22-16-10-13(2)28-18(16)19(25)23(20)8-9-26-4/h5-7,13H,8-11H2,1-4H3,(H,21,24)/t13-/m0/s1. The largest absolute Gasteiger partial charge is 0.383 e. The molecule has 0 saturated carbocycles. The highest BCUT2D eigenvalue weighted by Gasteiger charge is 2.26. The van der Waals surface area contributed by atoms with Crippen LogP contribution in [0.4, 0.5) is 5.69 Å². The maximum absolute atomic E-state index is 12.9. The molecule has 0 bridgehead atoms. The second-order valence-corrected chi connectivity index (χ2v) is 9.23. The summed E-state index contributed by atoms with van der Waals surface area (Å²) in [6.07, 6.45) is 0.780. The summed E-state index contributed by atoms with van der Waals surface area (Å²) in [6.45, 7) is 6.94. The Kier molecular flexibility index (Phi) is 6.85. The number of fused-ring (bicyclic) bond motifs is 1. The zero-order valence-electron chi connectivity index (χ0n) is 16.6. The molecule has 0 aliphatic carbocycles. The lowest BCUT2D eigenvalue weighted by Gasteiger charge is -2.14. The Balaban J connectivity index is 1.77. The minimum Gasteiger partial charge on any atom is -0.383 e. The molecule has 0 radical (unpaired) electrons. The van der Waals surface area contributed by atoms with Gasteiger partial charge in [0.1, 0.15) is 0 Å². The molecule has 1 aliphatic rings. The number of methoxy groups -OCH3 is 1. The highest BCUT2D eigenvalue weighted by atomic mass is 32.2. The van der Waals surface area contributed by atoms with Crippen molar-refractivity contribution in [3.63, 3.8) is 0 Å². The van der Waals surface area contributed by atoms with Crippen molar-refractivity contribution in [1.29, 1.82) is 0 Å². The summed E-state index contributed by atoms with van der Waals surface area (Å²) in [4.78, 5) is 30.8. The lowest BCUT2D eigenvalue weighted by molar-refractivity contribution is -0.113. The van der Waals surface area contributed by atoms with Crippen LogP contribution in [-0.4, -0.2) is 40.2 Å². The number of ether oxygens (including phenoxy) is 1. The molecule has 0 saturated heterocycles. The van der Waals surface area contributed by atoms with E-state index < -0.39 is 0 Å². The predicted octanol–water partition coefficient (Wildman–Crippen LogP) is 3.27. The van der Waals surface area contributed by atoms with Crippen LogP contribution in [0, 0.1) is 13.8 Å². The van der Waals surface area contributed by atoms with Gasteiger partial charge in [0.25, 0.3) is 5.56 Å². The van der Waals surface area contributed by atoms with E-state index in [1.54, 1.807) is 23.4 Å². The van der Waals surface area contributed by atoms with Crippen molar-refractivity contribution >= 4 is 35.1 Å². The van der Waals surface area contributed by atoms with Gasteiger partial charge in [0.05, 0.1) is 29.5 Å². The van der Waals surface area contributed by atoms with Crippen molar-refractivity contribution in [1.82, 2.24) is 9.55 Å². The summed E-state index contributed by atoms with van der Waals surface area (Å²) in [5.41, 5.74) is 3.81. The van der Waals surface area contributed by atoms with E-state index in [2.05, 4.69) is 12.2 Å². The fourth-order valence-electron chi connectivity index (χ4n) is 3.02. The van der Waals surface area contributed by atoms with Crippen molar-refractivity contribution in [2.75, 3.05) is 24.8 Å². The maximum atomic E-state index is 12.9. The third kappa shape index (κ3) is 4.61. The van der Waals surface area contributed by atoms with E-state index in [4.69, 9.17) is 9.72 Å². The fourth-order valence-corrected chi connectivity index (χ4v) is 4.98. The molecule has 1 atom stereocenters. The maximum Gasteiger partial charge on any atom is 0.268 e. The highest BCUT2D eigenvalue weighted by molar-refractivity contribution is 8.00. The average molecular weight is 420 g/mol. The molecular formula is C20H25N3O3S2. The van der Waals surface area contributed by atoms with Gasteiger partial charge < -0.3 is 10.1 Å². The zero-order chi connectivity index (χ0) is 20.3. The summed E-state index contributed by atoms with van der Waals surface area (Å²) in [5, 5.41) is 3.88. The van der Waals surface area contributed by atoms with Crippen LogP contribution in [0.25, 0.3) is 0 Å². The second kappa shape index (κ2) is 9.15. The number of aromatic nitrogens is 2. The number of nitrogens with one attached hydrogen (secondary N) is 1. The van der Waals surface area contributed by atoms with E-state index in [1.165, 1.54) is 11.8 Å². The second-order valence-electron chi connectivity index (χ2n) is 6.84. The Morgan fingerprint density at radius 1 is 1.43 bits per heavy atom. The molecule has 0 unspecified atom stereocenters. The van der Waals surface area contributed by atoms with E-state index in [9.17, 15) is 9.59 Å². The van der Waals surface area contributed by atoms with E-state index in [0.717, 1.165) is 33.8 Å². The van der Waals surface area contributed by atoms with Gasteiger partial charge in [-0.1, -0.05) is 30.8 Å². The van der Waals surface area contributed by atoms with Crippen LogP contribution in [0.15, 0.2) is 33.0 Å². The minimum atomic E-state index is -0.116. The Hall–Kier alpha value is -1.77. The summed E-state index contributed by atoms with van der Waals surface area (Å²) < 4.78 is 6.77. The van der Waals surface area contributed by atoms with Gasteiger partial charge >= 0.3 is 0 Å². The SMILES string of the molecule is COCCn1c(SCC(=O)Nc2cccc(C)c2C)nc2c(c1=O)S[C@@H](C)C2. The van der Waals surface area contributed by atoms with Gasteiger partial charge in [0.2, 0.25) is 5.91 Å². The monoisotopic (exact) mass is 419 g/mol. The summed E-state index contributed by atoms with van der Waals surface area (Å²) in [7, 11) is 1.60. The molecule has 2 aromatic rings. The number of thioether (sulfide) groups is 2. The van der Waals surface area contributed by atoms with Gasteiger partial charge in [0.15, 0.2) is 5.16 Å². The number of carbonyl (C=O) groups excluding carboxylic acids is 1. The van der Waals surface area contributed by atoms with E-state index in [-0.39, 0.29) is 17.2 Å². The van der Waals surface area contributed by atoms with Gasteiger partial charge in [-0.25, -0.2) is 4.98 Å². The molecule has 1 aromatic carbocycles. The molecule has 1 aliphatic heterocycles. The molecular weight excluding hydrogens is 394 g/mol. The van der Waals surface area contributed by atoms with Gasteiger partial charge in [-0.2, -0.15) is 0 Å². The predicted molar refractivity (Wildman–Crippen MR) is 115 cm³/mol. The molecule has 1 aromatic heterocycles. The van der Waals surface area contributed by atoms with Gasteiger partial charge in [-0.15, -0.1) is 11.8 Å². The van der Waals surface area contributed by atoms with Crippen LogP contribution < -0.4 is 10.9 Å². The topological polar surface area (TPSA) is 73.2 Å². The van der Waals surface area contributed by atoms with Gasteiger partial charge in [-0.3, -0.25) is 14.2 Å². The number of aryl methyl sites for hydroxylation is 1. The number of anilines is 1. The molecule has 6 nitrogen and oxygen atoms in total. The number of carbonyl (C=O) groups is 1. The number of amides is 1. The van der Waals surface area contributed by atoms with Crippen molar-refractivity contribution in [2.24, 2.45) is 0 Å². The summed E-state index contributed by atoms with van der Waals surface area (Å²) in [5.74, 6) is 0.0726. The van der Waals surface area contributed by atoms with Crippen LogP contribution in [0.3, 0.4) is 0 Å². The Bertz CT molecular complexity index is 943. The number of hydrogen-bond donors (Lipinski definition) is 1. The summed E-state index contributed by atoms with van der Waals surface area (Å²) in [6, 6.07) is 5.84. The average Bonchev–Trinajstić information content (AvgIpc) is 3.04. The zero-order valence-corrected chi connectivity index (χ0v) is 18.2. The first kappa shape index (κ1) is 21.0. The first-order valence-electron chi connectivity index (χ1n) is 9.19. The lowest BCUT2D eigenvalue weighted by atomic mass is 10.1. The van der Waals surface area contributed by atoms with Crippen molar-refractivity contribution in [3.05, 3.63) is 45.4 Å². The number of rotatable bonds is 7. The smallest absolute Gasteiger partial charge is 0.268 e. The normalized spacial score (nSPS) is 15.5. The third-order valence-electron chi connectivity index (χ3n) is 4.69. The number of nitrogens with zero attached hydrogens (tertiary/aromatic N) is 2. The first-order chi connectivity index (χ1) is 13.4. The lowest BCUT2D eigenvalue weighted by Crippen LogP contribution is -2.27. The van der Waals surface area contributed by atoms with Crippen LogP contribution in [0.2, 0.25) is 0 Å². The number of hydrogen-bond acceptors (Lipinski definition) is 6. The molecule has 150 valence electrons. The van der Waals surface area contributed by atoms with Crippen LogP contribution in [-0.2, 0) is 22.5 Å². The third-order valence-corrected chi connectivity index (χ3v) is 6.88. The van der Waals surface area contributed by atoms with Crippen LogP contribution in [0.5, 0.6) is 0 Å². The first-order valence-corrected chi connectivity index (χ1v) is 11.1. The number of benzene rings is 1. The molecule has 1 amide bonds. The molecule has 3 rings (SSSR count). The van der Waals surface area contributed by atoms with Crippen LogP contribution in [0.1, 0.15) is 23.7 Å². The Labute approximate surface area is 173 Å².